The molecular formula is C27H33N5O3. The molecule has 0 aliphatic carbocycles. The molecule has 35 heavy (non-hydrogen) atoms. The van der Waals surface area contributed by atoms with E-state index in [9.17, 15) is 4.79 Å². The van der Waals surface area contributed by atoms with Gasteiger partial charge in [0.15, 0.2) is 0 Å². The van der Waals surface area contributed by atoms with E-state index in [0.29, 0.717) is 30.4 Å². The second kappa shape index (κ2) is 10.1. The molecule has 1 fully saturated rings. The highest BCUT2D eigenvalue weighted by atomic mass is 16.5. The second-order valence-corrected chi connectivity index (χ2v) is 9.68. The van der Waals surface area contributed by atoms with Crippen LogP contribution < -0.4 is 14.8 Å². The summed E-state index contributed by atoms with van der Waals surface area (Å²) in [5, 5.41) is 10.1. The lowest BCUT2D eigenvalue weighted by atomic mass is 9.93. The van der Waals surface area contributed by atoms with Gasteiger partial charge >= 0.3 is 0 Å². The van der Waals surface area contributed by atoms with E-state index in [-0.39, 0.29) is 11.9 Å². The molecule has 0 bridgehead atoms. The molecule has 5 rings (SSSR count). The minimum Gasteiger partial charge on any atom is -0.497 e. The fourth-order valence-corrected chi connectivity index (χ4v) is 5.03. The largest absolute Gasteiger partial charge is 0.497 e. The second-order valence-electron chi connectivity index (χ2n) is 9.68. The van der Waals surface area contributed by atoms with Gasteiger partial charge in [0.05, 0.1) is 31.6 Å². The van der Waals surface area contributed by atoms with Crippen LogP contribution in [0.4, 0.5) is 5.69 Å². The fourth-order valence-electron chi connectivity index (χ4n) is 5.03. The third-order valence-corrected chi connectivity index (χ3v) is 7.12. The predicted octanol–water partition coefficient (Wildman–Crippen LogP) is 3.41. The van der Waals surface area contributed by atoms with Crippen LogP contribution >= 0.6 is 0 Å². The van der Waals surface area contributed by atoms with Gasteiger partial charge in [0.25, 0.3) is 0 Å². The Morgan fingerprint density at radius 3 is 2.80 bits per heavy atom. The number of H-pyrrole nitrogens is 1. The maximum absolute atomic E-state index is 13.5. The third-order valence-electron chi connectivity index (χ3n) is 7.12. The molecule has 2 aliphatic rings. The molecule has 2 unspecified atom stereocenters. The topological polar surface area (TPSA) is 82.7 Å². The summed E-state index contributed by atoms with van der Waals surface area (Å²) in [7, 11) is 5.80. The molecule has 184 valence electrons. The van der Waals surface area contributed by atoms with Crippen LogP contribution in [0.5, 0.6) is 11.5 Å². The summed E-state index contributed by atoms with van der Waals surface area (Å²) in [6.07, 6.45) is 5.39. The third kappa shape index (κ3) is 5.18. The van der Waals surface area contributed by atoms with Gasteiger partial charge < -0.3 is 19.7 Å². The van der Waals surface area contributed by atoms with Crippen molar-refractivity contribution in [2.75, 3.05) is 46.2 Å². The van der Waals surface area contributed by atoms with Crippen molar-refractivity contribution in [2.24, 2.45) is 5.92 Å². The fraction of sp³-hybridized carbons (Fsp3) is 0.407. The molecule has 0 saturated carbocycles. The highest BCUT2D eigenvalue weighted by Crippen LogP contribution is 2.33. The Bertz CT molecular complexity index is 1180. The highest BCUT2D eigenvalue weighted by molar-refractivity contribution is 5.97. The maximum atomic E-state index is 13.5. The lowest BCUT2D eigenvalue weighted by molar-refractivity contribution is -0.121. The average molecular weight is 476 g/mol. The van der Waals surface area contributed by atoms with Crippen molar-refractivity contribution in [1.29, 1.82) is 0 Å². The van der Waals surface area contributed by atoms with Crippen LogP contribution in [0.15, 0.2) is 48.8 Å². The van der Waals surface area contributed by atoms with Crippen molar-refractivity contribution in [3.63, 3.8) is 0 Å². The van der Waals surface area contributed by atoms with E-state index in [1.807, 2.05) is 43.6 Å². The van der Waals surface area contributed by atoms with Crippen LogP contribution in [0.2, 0.25) is 0 Å². The number of anilines is 1. The van der Waals surface area contributed by atoms with Gasteiger partial charge in [0.2, 0.25) is 5.91 Å². The van der Waals surface area contributed by atoms with E-state index in [2.05, 4.69) is 38.4 Å². The predicted molar refractivity (Wildman–Crippen MR) is 136 cm³/mol. The first-order chi connectivity index (χ1) is 17.0. The lowest BCUT2D eigenvalue weighted by Crippen LogP contribution is -2.45. The number of aromatic amines is 1. The molecule has 8 heteroatoms. The molecule has 0 spiro atoms. The summed E-state index contributed by atoms with van der Waals surface area (Å²) in [5.41, 5.74) is 5.04. The summed E-state index contributed by atoms with van der Waals surface area (Å²) < 4.78 is 11.7. The number of nitrogens with one attached hydrogen (secondary N) is 2. The maximum Gasteiger partial charge on any atom is 0.242 e. The minimum atomic E-state index is -0.278. The molecule has 8 nitrogen and oxygen atoms in total. The number of hydrogen-bond donors (Lipinski definition) is 2. The summed E-state index contributed by atoms with van der Waals surface area (Å²) in [5.74, 6) is 1.95. The molecular weight excluding hydrogens is 442 g/mol. The van der Waals surface area contributed by atoms with Crippen LogP contribution in [0, 0.1) is 5.92 Å². The summed E-state index contributed by atoms with van der Waals surface area (Å²) >= 11 is 0. The number of aromatic nitrogens is 2. The number of carbonyl (C=O) groups excluding carboxylic acids is 1. The zero-order valence-corrected chi connectivity index (χ0v) is 20.6. The van der Waals surface area contributed by atoms with E-state index in [1.54, 1.807) is 13.3 Å². The van der Waals surface area contributed by atoms with Gasteiger partial charge in [-0.15, -0.1) is 0 Å². The zero-order chi connectivity index (χ0) is 24.4. The number of carbonyl (C=O) groups is 1. The van der Waals surface area contributed by atoms with E-state index < -0.39 is 0 Å². The number of likely N-dealkylation sites (N-methyl/N-ethyl adjacent to an activating group) is 1. The Hall–Kier alpha value is -3.36. The van der Waals surface area contributed by atoms with E-state index in [0.717, 1.165) is 48.5 Å². The van der Waals surface area contributed by atoms with Gasteiger partial charge in [-0.1, -0.05) is 12.1 Å². The van der Waals surface area contributed by atoms with Crippen LogP contribution in [0.1, 0.15) is 17.5 Å². The number of hydrogen-bond acceptors (Lipinski definition) is 6. The Morgan fingerprint density at radius 2 is 2.06 bits per heavy atom. The number of fused-ring (bicyclic) bond motifs is 1. The first-order valence-corrected chi connectivity index (χ1v) is 12.1. The number of nitrogens with zero attached hydrogens (tertiary/aromatic N) is 3. The number of methoxy groups -OCH3 is 1. The van der Waals surface area contributed by atoms with Gasteiger partial charge in [0, 0.05) is 30.8 Å². The quantitative estimate of drug-likeness (QED) is 0.545. The van der Waals surface area contributed by atoms with Crippen LogP contribution in [-0.2, 0) is 17.8 Å². The minimum absolute atomic E-state index is 0.0394. The van der Waals surface area contributed by atoms with Crippen molar-refractivity contribution < 1.29 is 14.3 Å². The summed E-state index contributed by atoms with van der Waals surface area (Å²) in [6.45, 7) is 3.46. The molecule has 2 aromatic carbocycles. The Balaban J connectivity index is 1.35. The molecule has 2 N–H and O–H groups in total. The van der Waals surface area contributed by atoms with Crippen molar-refractivity contribution in [3.8, 4) is 22.6 Å². The average Bonchev–Trinajstić information content (AvgIpc) is 3.54. The van der Waals surface area contributed by atoms with Gasteiger partial charge in [0.1, 0.15) is 11.5 Å². The highest BCUT2D eigenvalue weighted by Gasteiger charge is 2.30. The van der Waals surface area contributed by atoms with E-state index >= 15 is 0 Å². The van der Waals surface area contributed by atoms with Crippen molar-refractivity contribution in [1.82, 2.24) is 20.0 Å². The number of ether oxygens (including phenoxy) is 2. The van der Waals surface area contributed by atoms with Gasteiger partial charge in [-0.2, -0.15) is 5.10 Å². The monoisotopic (exact) mass is 475 g/mol. The molecule has 1 amide bonds. The van der Waals surface area contributed by atoms with Crippen LogP contribution in [-0.4, -0.2) is 72.8 Å². The smallest absolute Gasteiger partial charge is 0.242 e. The van der Waals surface area contributed by atoms with Gasteiger partial charge in [-0.3, -0.25) is 14.8 Å². The molecule has 1 saturated heterocycles. The van der Waals surface area contributed by atoms with Crippen molar-refractivity contribution >= 4 is 11.6 Å². The molecule has 2 aliphatic heterocycles. The summed E-state index contributed by atoms with van der Waals surface area (Å²) in [6, 6.07) is 11.7. The van der Waals surface area contributed by atoms with Crippen molar-refractivity contribution in [2.45, 2.75) is 25.4 Å². The van der Waals surface area contributed by atoms with Gasteiger partial charge in [-0.25, -0.2) is 0 Å². The number of rotatable bonds is 7. The van der Waals surface area contributed by atoms with E-state index in [4.69, 9.17) is 9.47 Å². The van der Waals surface area contributed by atoms with Crippen LogP contribution in [0.3, 0.4) is 0 Å². The first kappa shape index (κ1) is 23.4. The Morgan fingerprint density at radius 1 is 1.17 bits per heavy atom. The Labute approximate surface area is 206 Å². The molecule has 1 aromatic heterocycles. The van der Waals surface area contributed by atoms with Crippen molar-refractivity contribution in [3.05, 3.63) is 59.9 Å². The zero-order valence-electron chi connectivity index (χ0n) is 20.6. The Kier molecular flexibility index (Phi) is 6.74. The van der Waals surface area contributed by atoms with E-state index in [1.165, 1.54) is 5.56 Å². The molecule has 2 atom stereocenters. The normalized spacial score (nSPS) is 20.4. The first-order valence-electron chi connectivity index (χ1n) is 12.1. The summed E-state index contributed by atoms with van der Waals surface area (Å²) in [4.78, 5) is 17.9. The molecule has 3 aromatic rings. The number of amides is 1. The molecule has 3 heterocycles. The number of likely N-dealkylation sites (tertiary alicyclic amines) is 1. The number of benzene rings is 2. The van der Waals surface area contributed by atoms with Crippen LogP contribution in [0.25, 0.3) is 11.1 Å². The standard InChI is InChI=1S/C27H33N5O3/c1-31-9-8-18(15-31)17-35-26-12-19(22-13-28-29-14-22)5-7-24(26)30-27(33)25-11-21-10-23(34-3)6-4-20(21)16-32(25)2/h4-7,10,12-14,18,25H,8-9,11,15-17H2,1-3H3,(H,28,29)(H,30,33). The SMILES string of the molecule is COc1ccc2c(c1)CC(C(=O)Nc1ccc(-c3cn[nH]c3)cc1OCC1CCN(C)C1)N(C)C2. The molecule has 0 radical (unpaired) electrons. The van der Waals surface area contributed by atoms with Gasteiger partial charge in [-0.05, 0) is 74.4 Å². The lowest BCUT2D eigenvalue weighted by Gasteiger charge is -2.33.